The molecule has 0 aliphatic rings. The smallest absolute Gasteiger partial charge is 0.261 e. The SMILES string of the molecule is CC[C@@H](Oc1ccc(Cl)cc1)C(=O)NCCSc1ccccc1. The van der Waals surface area contributed by atoms with Crippen molar-refractivity contribution in [3.8, 4) is 5.75 Å². The molecule has 0 saturated heterocycles. The zero-order valence-electron chi connectivity index (χ0n) is 13.0. The molecule has 5 heteroatoms. The summed E-state index contributed by atoms with van der Waals surface area (Å²) in [5.74, 6) is 1.39. The molecule has 0 unspecified atom stereocenters. The first-order chi connectivity index (χ1) is 11.2. The first kappa shape index (κ1) is 17.7. The lowest BCUT2D eigenvalue weighted by atomic mass is 10.2. The molecule has 1 amide bonds. The van der Waals surface area contributed by atoms with Gasteiger partial charge in [0.05, 0.1) is 0 Å². The van der Waals surface area contributed by atoms with Gasteiger partial charge in [0.2, 0.25) is 0 Å². The number of hydrogen-bond donors (Lipinski definition) is 1. The van der Waals surface area contributed by atoms with E-state index in [0.29, 0.717) is 23.7 Å². The van der Waals surface area contributed by atoms with Crippen LogP contribution in [0.25, 0.3) is 0 Å². The molecule has 0 aliphatic carbocycles. The summed E-state index contributed by atoms with van der Waals surface area (Å²) in [6, 6.07) is 17.2. The number of carbonyl (C=O) groups excluding carboxylic acids is 1. The molecule has 0 aliphatic heterocycles. The van der Waals surface area contributed by atoms with Gasteiger partial charge in [-0.1, -0.05) is 36.7 Å². The van der Waals surface area contributed by atoms with E-state index in [1.165, 1.54) is 4.90 Å². The summed E-state index contributed by atoms with van der Waals surface area (Å²) in [6.45, 7) is 2.54. The molecule has 1 atom stereocenters. The van der Waals surface area contributed by atoms with Crippen LogP contribution in [-0.2, 0) is 4.79 Å². The fourth-order valence-corrected chi connectivity index (χ4v) is 2.89. The van der Waals surface area contributed by atoms with Crippen molar-refractivity contribution in [3.05, 3.63) is 59.6 Å². The summed E-state index contributed by atoms with van der Waals surface area (Å²) in [7, 11) is 0. The molecule has 0 aromatic heterocycles. The largest absolute Gasteiger partial charge is 0.481 e. The molecule has 0 radical (unpaired) electrons. The highest BCUT2D eigenvalue weighted by Gasteiger charge is 2.17. The standard InChI is InChI=1S/C18H20ClNO2S/c1-2-17(22-15-10-8-14(19)9-11-15)18(21)20-12-13-23-16-6-4-3-5-7-16/h3-11,17H,2,12-13H2,1H3,(H,20,21)/t17-/m1/s1. The van der Waals surface area contributed by atoms with Gasteiger partial charge in [-0.25, -0.2) is 0 Å². The van der Waals surface area contributed by atoms with E-state index in [1.807, 2.05) is 25.1 Å². The van der Waals surface area contributed by atoms with Gasteiger partial charge >= 0.3 is 0 Å². The Morgan fingerprint density at radius 2 is 1.87 bits per heavy atom. The van der Waals surface area contributed by atoms with Gasteiger partial charge in [-0.15, -0.1) is 11.8 Å². The molecule has 0 fully saturated rings. The second-order valence-electron chi connectivity index (χ2n) is 4.92. The Kier molecular flexibility index (Phi) is 7.30. The van der Waals surface area contributed by atoms with Gasteiger partial charge in [0.1, 0.15) is 5.75 Å². The molecule has 0 heterocycles. The molecule has 2 aromatic carbocycles. The van der Waals surface area contributed by atoms with Crippen LogP contribution in [-0.4, -0.2) is 24.3 Å². The van der Waals surface area contributed by atoms with Crippen LogP contribution < -0.4 is 10.1 Å². The molecule has 122 valence electrons. The van der Waals surface area contributed by atoms with Crippen molar-refractivity contribution in [2.24, 2.45) is 0 Å². The van der Waals surface area contributed by atoms with Crippen LogP contribution >= 0.6 is 23.4 Å². The summed E-state index contributed by atoms with van der Waals surface area (Å²) in [4.78, 5) is 13.4. The summed E-state index contributed by atoms with van der Waals surface area (Å²) < 4.78 is 5.72. The number of nitrogens with one attached hydrogen (secondary N) is 1. The average Bonchev–Trinajstić information content (AvgIpc) is 2.59. The van der Waals surface area contributed by atoms with Crippen LogP contribution in [0.2, 0.25) is 5.02 Å². The van der Waals surface area contributed by atoms with E-state index < -0.39 is 6.10 Å². The van der Waals surface area contributed by atoms with Gasteiger partial charge in [-0.3, -0.25) is 4.79 Å². The van der Waals surface area contributed by atoms with Crippen LogP contribution in [0.4, 0.5) is 0 Å². The van der Waals surface area contributed by atoms with Crippen molar-refractivity contribution in [2.75, 3.05) is 12.3 Å². The molecule has 3 nitrogen and oxygen atoms in total. The second-order valence-corrected chi connectivity index (χ2v) is 6.53. The molecule has 0 spiro atoms. The monoisotopic (exact) mass is 349 g/mol. The predicted molar refractivity (Wildman–Crippen MR) is 96.3 cm³/mol. The number of benzene rings is 2. The minimum atomic E-state index is -0.488. The van der Waals surface area contributed by atoms with Crippen LogP contribution in [0, 0.1) is 0 Å². The fraction of sp³-hybridized carbons (Fsp3) is 0.278. The average molecular weight is 350 g/mol. The molecule has 1 N–H and O–H groups in total. The van der Waals surface area contributed by atoms with Crippen molar-refractivity contribution in [1.29, 1.82) is 0 Å². The fourth-order valence-electron chi connectivity index (χ4n) is 1.97. The third kappa shape index (κ3) is 6.16. The topological polar surface area (TPSA) is 38.3 Å². The Morgan fingerprint density at radius 1 is 1.17 bits per heavy atom. The number of thioether (sulfide) groups is 1. The summed E-state index contributed by atoms with van der Waals surface area (Å²) in [5, 5.41) is 3.57. The summed E-state index contributed by atoms with van der Waals surface area (Å²) in [6.07, 6.45) is 0.123. The van der Waals surface area contributed by atoms with E-state index in [4.69, 9.17) is 16.3 Å². The lowest BCUT2D eigenvalue weighted by Crippen LogP contribution is -2.39. The number of amides is 1. The maximum Gasteiger partial charge on any atom is 0.261 e. The third-order valence-electron chi connectivity index (χ3n) is 3.17. The van der Waals surface area contributed by atoms with E-state index in [0.717, 1.165) is 5.75 Å². The van der Waals surface area contributed by atoms with Crippen LogP contribution in [0.1, 0.15) is 13.3 Å². The molecule has 2 rings (SSSR count). The quantitative estimate of drug-likeness (QED) is 0.567. The number of halogens is 1. The van der Waals surface area contributed by atoms with Crippen LogP contribution in [0.5, 0.6) is 5.75 Å². The zero-order chi connectivity index (χ0) is 16.5. The lowest BCUT2D eigenvalue weighted by Gasteiger charge is -2.17. The van der Waals surface area contributed by atoms with Gasteiger partial charge in [-0.2, -0.15) is 0 Å². The van der Waals surface area contributed by atoms with E-state index in [2.05, 4.69) is 17.4 Å². The van der Waals surface area contributed by atoms with Crippen molar-refractivity contribution in [2.45, 2.75) is 24.3 Å². The Hall–Kier alpha value is -1.65. The van der Waals surface area contributed by atoms with Gasteiger partial charge in [0.15, 0.2) is 6.10 Å². The number of rotatable bonds is 8. The Morgan fingerprint density at radius 3 is 2.52 bits per heavy atom. The van der Waals surface area contributed by atoms with Crippen LogP contribution in [0.15, 0.2) is 59.5 Å². The van der Waals surface area contributed by atoms with Crippen LogP contribution in [0.3, 0.4) is 0 Å². The summed E-state index contributed by atoms with van der Waals surface area (Å²) in [5.41, 5.74) is 0. The Balaban J connectivity index is 1.75. The first-order valence-electron chi connectivity index (χ1n) is 7.57. The molecule has 0 saturated carbocycles. The number of ether oxygens (including phenoxy) is 1. The van der Waals surface area contributed by atoms with Gasteiger partial charge < -0.3 is 10.1 Å². The lowest BCUT2D eigenvalue weighted by molar-refractivity contribution is -0.127. The van der Waals surface area contributed by atoms with E-state index >= 15 is 0 Å². The normalized spacial score (nSPS) is 11.7. The molecule has 0 bridgehead atoms. The third-order valence-corrected chi connectivity index (χ3v) is 4.43. The van der Waals surface area contributed by atoms with E-state index in [-0.39, 0.29) is 5.91 Å². The zero-order valence-corrected chi connectivity index (χ0v) is 14.6. The molecular weight excluding hydrogens is 330 g/mol. The van der Waals surface area contributed by atoms with Gasteiger partial charge in [-0.05, 0) is 42.8 Å². The molecule has 23 heavy (non-hydrogen) atoms. The maximum absolute atomic E-state index is 12.2. The number of hydrogen-bond acceptors (Lipinski definition) is 3. The van der Waals surface area contributed by atoms with E-state index in [1.54, 1.807) is 36.0 Å². The molecular formula is C18H20ClNO2S. The molecule has 2 aromatic rings. The minimum Gasteiger partial charge on any atom is -0.481 e. The highest BCUT2D eigenvalue weighted by atomic mass is 35.5. The second kappa shape index (κ2) is 9.48. The van der Waals surface area contributed by atoms with Crippen molar-refractivity contribution < 1.29 is 9.53 Å². The van der Waals surface area contributed by atoms with Crippen molar-refractivity contribution in [1.82, 2.24) is 5.32 Å². The van der Waals surface area contributed by atoms with Crippen molar-refractivity contribution >= 4 is 29.3 Å². The van der Waals surface area contributed by atoms with Crippen molar-refractivity contribution in [3.63, 3.8) is 0 Å². The Bertz CT molecular complexity index is 604. The van der Waals surface area contributed by atoms with Gasteiger partial charge in [0, 0.05) is 22.2 Å². The Labute approximate surface area is 146 Å². The maximum atomic E-state index is 12.2. The highest BCUT2D eigenvalue weighted by Crippen LogP contribution is 2.18. The number of carbonyl (C=O) groups is 1. The highest BCUT2D eigenvalue weighted by molar-refractivity contribution is 7.99. The predicted octanol–water partition coefficient (Wildman–Crippen LogP) is 4.41. The first-order valence-corrected chi connectivity index (χ1v) is 8.93. The van der Waals surface area contributed by atoms with Gasteiger partial charge in [0.25, 0.3) is 5.91 Å². The van der Waals surface area contributed by atoms with E-state index in [9.17, 15) is 4.79 Å². The minimum absolute atomic E-state index is 0.0869. The summed E-state index contributed by atoms with van der Waals surface area (Å²) >= 11 is 7.56.